The molecule has 4 nitrogen and oxygen atoms in total. The first-order chi connectivity index (χ1) is 6.59. The summed E-state index contributed by atoms with van der Waals surface area (Å²) in [6.07, 6.45) is 2.88. The fourth-order valence-corrected chi connectivity index (χ4v) is 1.14. The van der Waals surface area contributed by atoms with E-state index in [4.69, 9.17) is 16.3 Å². The Morgan fingerprint density at radius 1 is 1.64 bits per heavy atom. The normalized spacial score (nSPS) is 10.9. The smallest absolute Gasteiger partial charge is 0.269 e. The summed E-state index contributed by atoms with van der Waals surface area (Å²) in [5, 5.41) is 0.314. The highest BCUT2D eigenvalue weighted by Gasteiger charge is 1.99. The SMILES string of the molecule is CC(C)OCCn1cc(Cl)ncc1=O. The summed E-state index contributed by atoms with van der Waals surface area (Å²) in [5.41, 5.74) is -0.165. The van der Waals surface area contributed by atoms with Gasteiger partial charge in [-0.1, -0.05) is 11.6 Å². The Kier molecular flexibility index (Phi) is 4.10. The first kappa shape index (κ1) is 11.2. The first-order valence-corrected chi connectivity index (χ1v) is 4.81. The van der Waals surface area contributed by atoms with E-state index in [1.54, 1.807) is 0 Å². The van der Waals surface area contributed by atoms with Gasteiger partial charge in [0, 0.05) is 12.7 Å². The largest absolute Gasteiger partial charge is 0.377 e. The fourth-order valence-electron chi connectivity index (χ4n) is 0.978. The molecule has 14 heavy (non-hydrogen) atoms. The lowest BCUT2D eigenvalue weighted by Crippen LogP contribution is -2.22. The molecule has 0 amide bonds. The second-order valence-corrected chi connectivity index (χ2v) is 3.55. The van der Waals surface area contributed by atoms with Gasteiger partial charge in [-0.2, -0.15) is 0 Å². The molecule has 0 atom stereocenters. The first-order valence-electron chi connectivity index (χ1n) is 4.43. The van der Waals surface area contributed by atoms with Crippen LogP contribution in [-0.2, 0) is 11.3 Å². The second kappa shape index (κ2) is 5.12. The van der Waals surface area contributed by atoms with Crippen molar-refractivity contribution in [2.45, 2.75) is 26.5 Å². The van der Waals surface area contributed by atoms with Crippen LogP contribution in [0, 0.1) is 0 Å². The molecule has 1 aromatic heterocycles. The van der Waals surface area contributed by atoms with Gasteiger partial charge in [-0.25, -0.2) is 4.98 Å². The quantitative estimate of drug-likeness (QED) is 0.763. The van der Waals surface area contributed by atoms with Crippen molar-refractivity contribution in [1.82, 2.24) is 9.55 Å². The molecule has 5 heteroatoms. The van der Waals surface area contributed by atoms with Gasteiger partial charge in [0.1, 0.15) is 5.15 Å². The van der Waals surface area contributed by atoms with Crippen molar-refractivity contribution in [3.63, 3.8) is 0 Å². The van der Waals surface area contributed by atoms with Crippen LogP contribution in [0.15, 0.2) is 17.2 Å². The van der Waals surface area contributed by atoms with Crippen molar-refractivity contribution in [2.24, 2.45) is 0 Å². The minimum atomic E-state index is -0.165. The highest BCUT2D eigenvalue weighted by Crippen LogP contribution is 1.98. The Labute approximate surface area is 87.5 Å². The molecule has 0 aliphatic rings. The molecule has 0 aliphatic heterocycles. The van der Waals surface area contributed by atoms with Gasteiger partial charge in [0.25, 0.3) is 5.56 Å². The fraction of sp³-hybridized carbons (Fsp3) is 0.556. The summed E-state index contributed by atoms with van der Waals surface area (Å²) in [7, 11) is 0. The van der Waals surface area contributed by atoms with Crippen LogP contribution in [0.4, 0.5) is 0 Å². The van der Waals surface area contributed by atoms with Gasteiger partial charge >= 0.3 is 0 Å². The number of rotatable bonds is 4. The van der Waals surface area contributed by atoms with Crippen molar-refractivity contribution in [3.8, 4) is 0 Å². The van der Waals surface area contributed by atoms with E-state index in [1.807, 2.05) is 13.8 Å². The van der Waals surface area contributed by atoms with Gasteiger partial charge in [-0.15, -0.1) is 0 Å². The van der Waals surface area contributed by atoms with Crippen molar-refractivity contribution >= 4 is 11.6 Å². The molecule has 78 valence electrons. The van der Waals surface area contributed by atoms with Gasteiger partial charge in [-0.05, 0) is 13.8 Å². The standard InChI is InChI=1S/C9H13ClN2O2/c1-7(2)14-4-3-12-6-8(10)11-5-9(12)13/h5-7H,3-4H2,1-2H3. The third-order valence-corrected chi connectivity index (χ3v) is 1.82. The highest BCUT2D eigenvalue weighted by molar-refractivity contribution is 6.29. The Hall–Kier alpha value is -0.870. The van der Waals surface area contributed by atoms with Crippen molar-refractivity contribution in [3.05, 3.63) is 27.9 Å². The van der Waals surface area contributed by atoms with Gasteiger partial charge in [0.05, 0.1) is 18.9 Å². The van der Waals surface area contributed by atoms with E-state index < -0.39 is 0 Å². The van der Waals surface area contributed by atoms with Crippen LogP contribution in [-0.4, -0.2) is 22.3 Å². The molecule has 0 bridgehead atoms. The van der Waals surface area contributed by atoms with Crippen molar-refractivity contribution in [1.29, 1.82) is 0 Å². The number of aromatic nitrogens is 2. The monoisotopic (exact) mass is 216 g/mol. The van der Waals surface area contributed by atoms with Crippen LogP contribution in [0.2, 0.25) is 5.15 Å². The molecule has 0 N–H and O–H groups in total. The topological polar surface area (TPSA) is 44.1 Å². The Morgan fingerprint density at radius 3 is 3.00 bits per heavy atom. The lowest BCUT2D eigenvalue weighted by molar-refractivity contribution is 0.0722. The molecule has 0 spiro atoms. The highest BCUT2D eigenvalue weighted by atomic mass is 35.5. The second-order valence-electron chi connectivity index (χ2n) is 3.16. The maximum absolute atomic E-state index is 11.2. The summed E-state index contributed by atoms with van der Waals surface area (Å²) >= 11 is 5.65. The Bertz CT molecular complexity index is 349. The summed E-state index contributed by atoms with van der Waals surface area (Å²) in [5.74, 6) is 0. The minimum absolute atomic E-state index is 0.165. The van der Waals surface area contributed by atoms with Gasteiger partial charge in [0.15, 0.2) is 0 Å². The summed E-state index contributed by atoms with van der Waals surface area (Å²) in [4.78, 5) is 14.9. The van der Waals surface area contributed by atoms with Crippen LogP contribution in [0.1, 0.15) is 13.8 Å². The summed E-state index contributed by atoms with van der Waals surface area (Å²) < 4.78 is 6.80. The Morgan fingerprint density at radius 2 is 2.36 bits per heavy atom. The summed E-state index contributed by atoms with van der Waals surface area (Å²) in [6, 6.07) is 0. The predicted octanol–water partition coefficient (Wildman–Crippen LogP) is 1.32. The molecule has 0 saturated carbocycles. The van der Waals surface area contributed by atoms with Gasteiger partial charge in [0.2, 0.25) is 0 Å². The van der Waals surface area contributed by atoms with Crippen molar-refractivity contribution < 1.29 is 4.74 Å². The van der Waals surface area contributed by atoms with E-state index in [2.05, 4.69) is 4.98 Å². The number of nitrogens with zero attached hydrogens (tertiary/aromatic N) is 2. The molecule has 0 unspecified atom stereocenters. The zero-order valence-corrected chi connectivity index (χ0v) is 8.99. The molecule has 0 radical (unpaired) electrons. The lowest BCUT2D eigenvalue weighted by atomic mass is 10.5. The van der Waals surface area contributed by atoms with Crippen LogP contribution in [0.3, 0.4) is 0 Å². The Balaban J connectivity index is 2.58. The molecule has 1 rings (SSSR count). The molecule has 0 saturated heterocycles. The van der Waals surface area contributed by atoms with E-state index >= 15 is 0 Å². The van der Waals surface area contributed by atoms with Crippen LogP contribution in [0.5, 0.6) is 0 Å². The summed E-state index contributed by atoms with van der Waals surface area (Å²) in [6.45, 7) is 4.89. The van der Waals surface area contributed by atoms with E-state index in [1.165, 1.54) is 17.0 Å². The third-order valence-electron chi connectivity index (χ3n) is 1.63. The zero-order valence-electron chi connectivity index (χ0n) is 8.24. The minimum Gasteiger partial charge on any atom is -0.377 e. The third kappa shape index (κ3) is 3.47. The maximum atomic E-state index is 11.2. The average Bonchev–Trinajstić information content (AvgIpc) is 2.10. The average molecular weight is 217 g/mol. The van der Waals surface area contributed by atoms with Crippen LogP contribution < -0.4 is 5.56 Å². The van der Waals surface area contributed by atoms with Crippen LogP contribution in [0.25, 0.3) is 0 Å². The van der Waals surface area contributed by atoms with E-state index in [9.17, 15) is 4.79 Å². The van der Waals surface area contributed by atoms with E-state index in [0.717, 1.165) is 0 Å². The molecule has 0 aliphatic carbocycles. The molecular formula is C9H13ClN2O2. The number of halogens is 1. The van der Waals surface area contributed by atoms with Gasteiger partial charge in [-0.3, -0.25) is 4.79 Å². The van der Waals surface area contributed by atoms with Crippen molar-refractivity contribution in [2.75, 3.05) is 6.61 Å². The van der Waals surface area contributed by atoms with E-state index in [-0.39, 0.29) is 11.7 Å². The molecule has 0 aromatic carbocycles. The predicted molar refractivity (Wildman–Crippen MR) is 54.6 cm³/mol. The van der Waals surface area contributed by atoms with E-state index in [0.29, 0.717) is 18.3 Å². The number of hydrogen-bond acceptors (Lipinski definition) is 3. The molecule has 1 heterocycles. The van der Waals surface area contributed by atoms with Crippen LogP contribution >= 0.6 is 11.6 Å². The van der Waals surface area contributed by atoms with Gasteiger partial charge < -0.3 is 9.30 Å². The molecular weight excluding hydrogens is 204 g/mol. The zero-order chi connectivity index (χ0) is 10.6. The lowest BCUT2D eigenvalue weighted by Gasteiger charge is -2.08. The molecule has 1 aromatic rings. The number of ether oxygens (including phenoxy) is 1. The number of hydrogen-bond donors (Lipinski definition) is 0. The molecule has 0 fully saturated rings. The maximum Gasteiger partial charge on any atom is 0.269 e.